The third kappa shape index (κ3) is 5.18. The number of benzene rings is 2. The van der Waals surface area contributed by atoms with E-state index in [-0.39, 0.29) is 24.0 Å². The number of sulfonamides is 1. The van der Waals surface area contributed by atoms with Crippen LogP contribution in [-0.2, 0) is 22.0 Å². The zero-order valence-electron chi connectivity index (χ0n) is 18.0. The van der Waals surface area contributed by atoms with E-state index in [2.05, 4.69) is 10.2 Å². The van der Waals surface area contributed by atoms with Crippen LogP contribution in [0.5, 0.6) is 0 Å². The second kappa shape index (κ2) is 8.60. The van der Waals surface area contributed by atoms with Gasteiger partial charge in [-0.25, -0.2) is 8.42 Å². The number of carbonyl (C=O) groups is 1. The van der Waals surface area contributed by atoms with Gasteiger partial charge in [-0.2, -0.15) is 0 Å². The van der Waals surface area contributed by atoms with Gasteiger partial charge in [0.15, 0.2) is 5.78 Å². The van der Waals surface area contributed by atoms with Gasteiger partial charge in [0.2, 0.25) is 21.8 Å². The van der Waals surface area contributed by atoms with E-state index in [9.17, 15) is 13.2 Å². The van der Waals surface area contributed by atoms with Crippen molar-refractivity contribution in [2.75, 3.05) is 17.6 Å². The first-order valence-electron chi connectivity index (χ1n) is 9.80. The molecule has 0 aliphatic heterocycles. The van der Waals surface area contributed by atoms with Crippen molar-refractivity contribution < 1.29 is 17.6 Å². The summed E-state index contributed by atoms with van der Waals surface area (Å²) in [6.07, 6.45) is 1.86. The number of anilines is 1. The molecule has 9 heteroatoms. The molecule has 0 aliphatic rings. The Morgan fingerprint density at radius 1 is 1.16 bits per heavy atom. The molecule has 1 atom stereocenters. The lowest BCUT2D eigenvalue weighted by Gasteiger charge is -2.20. The number of Topliss-reactive ketones (excluding diaryl/α,β-unsaturated/α-hetero) is 1. The van der Waals surface area contributed by atoms with Crippen molar-refractivity contribution >= 4 is 21.5 Å². The summed E-state index contributed by atoms with van der Waals surface area (Å²) in [6.45, 7) is 3.54. The lowest BCUT2D eigenvalue weighted by atomic mass is 9.94. The Labute approximate surface area is 182 Å². The first-order valence-corrected chi connectivity index (χ1v) is 11.7. The molecule has 1 aromatic heterocycles. The smallest absolute Gasteiger partial charge is 0.247 e. The summed E-state index contributed by atoms with van der Waals surface area (Å²) >= 11 is 0. The fraction of sp³-hybridized carbons (Fsp3) is 0.318. The summed E-state index contributed by atoms with van der Waals surface area (Å²) in [5.74, 6) is 0.280. The maximum Gasteiger partial charge on any atom is 0.247 e. The van der Waals surface area contributed by atoms with Crippen LogP contribution in [0.3, 0.4) is 0 Å². The summed E-state index contributed by atoms with van der Waals surface area (Å²) in [5.41, 5.74) is 7.72. The van der Waals surface area contributed by atoms with Crippen LogP contribution in [0.2, 0.25) is 0 Å². The largest absolute Gasteiger partial charge is 0.419 e. The Hall–Kier alpha value is -3.04. The summed E-state index contributed by atoms with van der Waals surface area (Å²) in [6, 6.07) is 14.5. The zero-order chi connectivity index (χ0) is 22.8. The second-order valence-electron chi connectivity index (χ2n) is 7.77. The Kier molecular flexibility index (Phi) is 6.28. The lowest BCUT2D eigenvalue weighted by Crippen LogP contribution is -2.35. The highest BCUT2D eigenvalue weighted by atomic mass is 32.2. The van der Waals surface area contributed by atoms with Crippen LogP contribution < -0.4 is 10.0 Å². The van der Waals surface area contributed by atoms with E-state index in [1.54, 1.807) is 26.0 Å². The average Bonchev–Trinajstić information content (AvgIpc) is 3.23. The quantitative estimate of drug-likeness (QED) is 0.532. The number of nitrogens with two attached hydrogens (primary N) is 1. The van der Waals surface area contributed by atoms with Crippen LogP contribution in [0, 0.1) is 0 Å². The van der Waals surface area contributed by atoms with Gasteiger partial charge in [0, 0.05) is 24.6 Å². The average molecular weight is 443 g/mol. The molecule has 0 radical (unpaired) electrons. The summed E-state index contributed by atoms with van der Waals surface area (Å²) in [4.78, 5) is 12.3. The maximum atomic E-state index is 12.3. The van der Waals surface area contributed by atoms with E-state index in [4.69, 9.17) is 10.2 Å². The summed E-state index contributed by atoms with van der Waals surface area (Å²) < 4.78 is 31.0. The number of carbonyl (C=O) groups excluding carboxylic acids is 1. The van der Waals surface area contributed by atoms with Gasteiger partial charge in [0.05, 0.1) is 17.5 Å². The molecule has 31 heavy (non-hydrogen) atoms. The number of hydrogen-bond acceptors (Lipinski definition) is 7. The molecule has 3 rings (SSSR count). The van der Waals surface area contributed by atoms with Gasteiger partial charge in [-0.15, -0.1) is 10.2 Å². The lowest BCUT2D eigenvalue weighted by molar-refractivity contribution is 0.0988. The van der Waals surface area contributed by atoms with Crippen LogP contribution >= 0.6 is 0 Å². The highest BCUT2D eigenvalue weighted by Crippen LogP contribution is 2.30. The number of aromatic nitrogens is 2. The van der Waals surface area contributed by atoms with Crippen LogP contribution in [0.25, 0.3) is 11.5 Å². The molecular weight excluding hydrogens is 416 g/mol. The molecule has 0 aliphatic carbocycles. The molecule has 2 aromatic carbocycles. The van der Waals surface area contributed by atoms with E-state index in [1.807, 2.05) is 30.3 Å². The SMILES string of the molecule is CCC(=O)c1cc(-c2nnc([C@](C)(N)Cc3ccccc3)o2)cc(N(C)S(C)(=O)=O)c1. The summed E-state index contributed by atoms with van der Waals surface area (Å²) in [5, 5.41) is 8.23. The van der Waals surface area contributed by atoms with Gasteiger partial charge in [0.25, 0.3) is 0 Å². The molecule has 0 unspecified atom stereocenters. The monoisotopic (exact) mass is 442 g/mol. The molecule has 1 heterocycles. The van der Waals surface area contributed by atoms with E-state index < -0.39 is 15.6 Å². The van der Waals surface area contributed by atoms with Gasteiger partial charge in [-0.1, -0.05) is 37.3 Å². The predicted octanol–water partition coefficient (Wildman–Crippen LogP) is 3.14. The van der Waals surface area contributed by atoms with Gasteiger partial charge in [-0.3, -0.25) is 9.10 Å². The molecule has 8 nitrogen and oxygen atoms in total. The zero-order valence-corrected chi connectivity index (χ0v) is 18.8. The van der Waals surface area contributed by atoms with E-state index in [0.717, 1.165) is 16.1 Å². The van der Waals surface area contributed by atoms with Gasteiger partial charge < -0.3 is 10.2 Å². The number of nitrogens with zero attached hydrogens (tertiary/aromatic N) is 3. The molecule has 3 aromatic rings. The number of hydrogen-bond donors (Lipinski definition) is 1. The van der Waals surface area contributed by atoms with Crippen LogP contribution in [-0.4, -0.2) is 37.7 Å². The highest BCUT2D eigenvalue weighted by Gasteiger charge is 2.29. The molecule has 164 valence electrons. The molecule has 0 spiro atoms. The van der Waals surface area contributed by atoms with Crippen molar-refractivity contribution in [3.05, 3.63) is 65.5 Å². The molecule has 0 saturated heterocycles. The van der Waals surface area contributed by atoms with Crippen molar-refractivity contribution in [2.45, 2.75) is 32.2 Å². The standard InChI is InChI=1S/C22H26N4O4S/c1-5-19(27)16-11-17(13-18(12-16)26(3)31(4,28)29)20-24-25-21(30-20)22(2,23)14-15-9-7-6-8-10-15/h6-13H,5,14,23H2,1-4H3/t22-/m1/s1. The molecule has 0 amide bonds. The minimum absolute atomic E-state index is 0.127. The maximum absolute atomic E-state index is 12.3. The number of rotatable bonds is 8. The minimum atomic E-state index is -3.52. The molecule has 0 fully saturated rings. The Bertz CT molecular complexity index is 1190. The highest BCUT2D eigenvalue weighted by molar-refractivity contribution is 7.92. The third-order valence-corrected chi connectivity index (χ3v) is 6.20. The molecule has 0 bridgehead atoms. The molecule has 2 N–H and O–H groups in total. The van der Waals surface area contributed by atoms with Crippen molar-refractivity contribution in [2.24, 2.45) is 5.73 Å². The molecular formula is C22H26N4O4S. The van der Waals surface area contributed by atoms with Crippen LogP contribution in [0.15, 0.2) is 52.9 Å². The normalized spacial score (nSPS) is 13.6. The second-order valence-corrected chi connectivity index (χ2v) is 9.78. The van der Waals surface area contributed by atoms with Gasteiger partial charge >= 0.3 is 0 Å². The fourth-order valence-corrected chi connectivity index (χ4v) is 3.63. The van der Waals surface area contributed by atoms with E-state index in [0.29, 0.717) is 23.2 Å². The predicted molar refractivity (Wildman–Crippen MR) is 119 cm³/mol. The van der Waals surface area contributed by atoms with Crippen molar-refractivity contribution in [1.29, 1.82) is 0 Å². The number of ketones is 1. The van der Waals surface area contributed by atoms with Gasteiger partial charge in [-0.05, 0) is 37.1 Å². The van der Waals surface area contributed by atoms with Gasteiger partial charge in [0.1, 0.15) is 0 Å². The Morgan fingerprint density at radius 3 is 2.45 bits per heavy atom. The van der Waals surface area contributed by atoms with Crippen molar-refractivity contribution in [1.82, 2.24) is 10.2 Å². The van der Waals surface area contributed by atoms with E-state index in [1.165, 1.54) is 13.1 Å². The van der Waals surface area contributed by atoms with E-state index >= 15 is 0 Å². The first kappa shape index (κ1) is 22.6. The minimum Gasteiger partial charge on any atom is -0.419 e. The van der Waals surface area contributed by atoms with Crippen LogP contribution in [0.1, 0.15) is 42.1 Å². The Morgan fingerprint density at radius 2 is 1.84 bits per heavy atom. The first-order chi connectivity index (χ1) is 14.5. The van der Waals surface area contributed by atoms with Crippen molar-refractivity contribution in [3.8, 4) is 11.5 Å². The fourth-order valence-electron chi connectivity index (χ4n) is 3.14. The topological polar surface area (TPSA) is 119 Å². The summed E-state index contributed by atoms with van der Waals surface area (Å²) in [7, 11) is -2.10. The third-order valence-electron chi connectivity index (χ3n) is 5.00. The molecule has 0 saturated carbocycles. The Balaban J connectivity index is 2.01. The van der Waals surface area contributed by atoms with Crippen LogP contribution in [0.4, 0.5) is 5.69 Å². The van der Waals surface area contributed by atoms with Crippen molar-refractivity contribution in [3.63, 3.8) is 0 Å².